The summed E-state index contributed by atoms with van der Waals surface area (Å²) in [5.74, 6) is 2.56. The molecule has 0 aromatic heterocycles. The Hall–Kier alpha value is -0.780. The van der Waals surface area contributed by atoms with Crippen molar-refractivity contribution in [2.24, 2.45) is 11.8 Å². The van der Waals surface area contributed by atoms with Gasteiger partial charge in [0.05, 0.1) is 0 Å². The molecule has 1 aliphatic rings. The zero-order chi connectivity index (χ0) is 12.3. The molecule has 0 bridgehead atoms. The van der Waals surface area contributed by atoms with Gasteiger partial charge in [-0.05, 0) is 48.1 Å². The largest absolute Gasteiger partial charge is 0.0625 e. The first-order valence-corrected chi connectivity index (χ1v) is 7.24. The summed E-state index contributed by atoms with van der Waals surface area (Å²) in [6.45, 7) is 6.92. The Morgan fingerprint density at radius 1 is 1.00 bits per heavy atom. The van der Waals surface area contributed by atoms with Crippen molar-refractivity contribution in [1.82, 2.24) is 0 Å². The van der Waals surface area contributed by atoms with Crippen LogP contribution in [0.5, 0.6) is 0 Å². The summed E-state index contributed by atoms with van der Waals surface area (Å²) < 4.78 is 0. The predicted molar refractivity (Wildman–Crippen MR) is 75.4 cm³/mol. The van der Waals surface area contributed by atoms with Gasteiger partial charge in [0.2, 0.25) is 0 Å². The molecule has 1 fully saturated rings. The zero-order valence-corrected chi connectivity index (χ0v) is 11.6. The van der Waals surface area contributed by atoms with Gasteiger partial charge in [-0.15, -0.1) is 0 Å². The third-order valence-corrected chi connectivity index (χ3v) is 4.31. The van der Waals surface area contributed by atoms with Gasteiger partial charge >= 0.3 is 0 Å². The van der Waals surface area contributed by atoms with E-state index >= 15 is 0 Å². The molecule has 0 heteroatoms. The summed E-state index contributed by atoms with van der Waals surface area (Å²) >= 11 is 0. The van der Waals surface area contributed by atoms with Crippen LogP contribution < -0.4 is 0 Å². The molecule has 0 aliphatic heterocycles. The molecule has 0 N–H and O–H groups in total. The summed E-state index contributed by atoms with van der Waals surface area (Å²) in [7, 11) is 0. The molecule has 0 spiro atoms. The summed E-state index contributed by atoms with van der Waals surface area (Å²) in [6, 6.07) is 9.30. The number of rotatable bonds is 3. The van der Waals surface area contributed by atoms with Crippen molar-refractivity contribution in [2.45, 2.75) is 58.8 Å². The summed E-state index contributed by atoms with van der Waals surface area (Å²) in [6.07, 6.45) is 7.05. The van der Waals surface area contributed by atoms with Crippen LogP contribution in [0.2, 0.25) is 0 Å². The van der Waals surface area contributed by atoms with Crippen LogP contribution in [0.4, 0.5) is 0 Å². The molecule has 0 atom stereocenters. The van der Waals surface area contributed by atoms with Crippen LogP contribution in [0.1, 0.15) is 63.5 Å². The van der Waals surface area contributed by atoms with Gasteiger partial charge in [-0.3, -0.25) is 0 Å². The van der Waals surface area contributed by atoms with Crippen LogP contribution in [0, 0.1) is 11.8 Å². The fraction of sp³-hybridized carbons (Fsp3) is 0.647. The van der Waals surface area contributed by atoms with E-state index in [1.54, 1.807) is 0 Å². The maximum Gasteiger partial charge on any atom is -0.0219 e. The van der Waals surface area contributed by atoms with E-state index in [0.29, 0.717) is 5.92 Å². The Morgan fingerprint density at radius 2 is 1.59 bits per heavy atom. The molecular weight excluding hydrogens is 204 g/mol. The maximum absolute atomic E-state index is 2.40. The molecule has 1 aromatic carbocycles. The normalized spacial score (nSPS) is 25.2. The van der Waals surface area contributed by atoms with E-state index in [4.69, 9.17) is 0 Å². The van der Waals surface area contributed by atoms with Crippen LogP contribution in [0.3, 0.4) is 0 Å². The molecule has 2 rings (SSSR count). The molecule has 94 valence electrons. The Kier molecular flexibility index (Phi) is 4.25. The third-order valence-electron chi connectivity index (χ3n) is 4.31. The molecular formula is C17H26. The van der Waals surface area contributed by atoms with Crippen molar-refractivity contribution < 1.29 is 0 Å². The highest BCUT2D eigenvalue weighted by molar-refractivity contribution is 5.25. The van der Waals surface area contributed by atoms with Crippen LogP contribution in [0.25, 0.3) is 0 Å². The highest BCUT2D eigenvalue weighted by atomic mass is 14.2. The van der Waals surface area contributed by atoms with E-state index in [1.165, 1.54) is 43.2 Å². The molecule has 0 radical (unpaired) electrons. The Bertz CT molecular complexity index is 326. The quantitative estimate of drug-likeness (QED) is 0.671. The van der Waals surface area contributed by atoms with E-state index in [2.05, 4.69) is 45.0 Å². The molecule has 0 amide bonds. The lowest BCUT2D eigenvalue weighted by Crippen LogP contribution is -2.14. The Morgan fingerprint density at radius 3 is 2.12 bits per heavy atom. The van der Waals surface area contributed by atoms with E-state index in [-0.39, 0.29) is 0 Å². The molecule has 1 aromatic rings. The van der Waals surface area contributed by atoms with Gasteiger partial charge in [0.1, 0.15) is 0 Å². The minimum Gasteiger partial charge on any atom is -0.0625 e. The van der Waals surface area contributed by atoms with Gasteiger partial charge in [-0.2, -0.15) is 0 Å². The lowest BCUT2D eigenvalue weighted by atomic mass is 9.80. The van der Waals surface area contributed by atoms with E-state index < -0.39 is 0 Å². The van der Waals surface area contributed by atoms with Crippen LogP contribution >= 0.6 is 0 Å². The van der Waals surface area contributed by atoms with Crippen LogP contribution in [-0.2, 0) is 6.42 Å². The Balaban J connectivity index is 1.90. The van der Waals surface area contributed by atoms with E-state index in [9.17, 15) is 0 Å². The highest BCUT2D eigenvalue weighted by Gasteiger charge is 2.18. The smallest absolute Gasteiger partial charge is 0.0219 e. The van der Waals surface area contributed by atoms with Crippen LogP contribution in [-0.4, -0.2) is 0 Å². The van der Waals surface area contributed by atoms with Crippen molar-refractivity contribution >= 4 is 0 Å². The molecule has 17 heavy (non-hydrogen) atoms. The molecule has 1 saturated carbocycles. The van der Waals surface area contributed by atoms with E-state index in [1.807, 2.05) is 0 Å². The fourth-order valence-corrected chi connectivity index (χ4v) is 2.91. The average Bonchev–Trinajstić information content (AvgIpc) is 2.33. The second-order valence-corrected chi connectivity index (χ2v) is 6.23. The first-order valence-electron chi connectivity index (χ1n) is 7.24. The van der Waals surface area contributed by atoms with E-state index in [0.717, 1.165) is 11.8 Å². The monoisotopic (exact) mass is 230 g/mol. The molecule has 1 aliphatic carbocycles. The molecule has 0 heterocycles. The standard InChI is InChI=1S/C17H26/c1-13(2)17-10-8-16(9-11-17)12-15-6-4-14(3)5-7-15/h8-11,13-15H,4-7,12H2,1-3H3. The van der Waals surface area contributed by atoms with Crippen molar-refractivity contribution in [3.05, 3.63) is 35.4 Å². The number of hydrogen-bond donors (Lipinski definition) is 0. The summed E-state index contributed by atoms with van der Waals surface area (Å²) in [4.78, 5) is 0. The highest BCUT2D eigenvalue weighted by Crippen LogP contribution is 2.30. The fourth-order valence-electron chi connectivity index (χ4n) is 2.91. The van der Waals surface area contributed by atoms with Gasteiger partial charge < -0.3 is 0 Å². The minimum absolute atomic E-state index is 0.652. The molecule has 0 unspecified atom stereocenters. The first kappa shape index (κ1) is 12.7. The zero-order valence-electron chi connectivity index (χ0n) is 11.6. The van der Waals surface area contributed by atoms with Crippen LogP contribution in [0.15, 0.2) is 24.3 Å². The second-order valence-electron chi connectivity index (χ2n) is 6.23. The predicted octanol–water partition coefficient (Wildman–Crippen LogP) is 5.18. The second kappa shape index (κ2) is 5.71. The van der Waals surface area contributed by atoms with Gasteiger partial charge in [0.15, 0.2) is 0 Å². The van der Waals surface area contributed by atoms with Crippen molar-refractivity contribution in [3.63, 3.8) is 0 Å². The van der Waals surface area contributed by atoms with Crippen molar-refractivity contribution in [2.75, 3.05) is 0 Å². The molecule has 0 saturated heterocycles. The Labute approximate surface area is 106 Å². The van der Waals surface area contributed by atoms with Gasteiger partial charge in [0, 0.05) is 0 Å². The van der Waals surface area contributed by atoms with Gasteiger partial charge in [-0.25, -0.2) is 0 Å². The lowest BCUT2D eigenvalue weighted by molar-refractivity contribution is 0.289. The minimum atomic E-state index is 0.652. The average molecular weight is 230 g/mol. The topological polar surface area (TPSA) is 0 Å². The number of benzene rings is 1. The molecule has 0 nitrogen and oxygen atoms in total. The summed E-state index contributed by atoms with van der Waals surface area (Å²) in [5, 5.41) is 0. The number of hydrogen-bond acceptors (Lipinski definition) is 0. The SMILES string of the molecule is CC1CCC(Cc2ccc(C(C)C)cc2)CC1. The van der Waals surface area contributed by atoms with Crippen molar-refractivity contribution in [1.29, 1.82) is 0 Å². The first-order chi connectivity index (χ1) is 8.15. The third kappa shape index (κ3) is 3.59. The lowest BCUT2D eigenvalue weighted by Gasteiger charge is -2.26. The van der Waals surface area contributed by atoms with Crippen molar-refractivity contribution in [3.8, 4) is 0 Å². The summed E-state index contributed by atoms with van der Waals surface area (Å²) in [5.41, 5.74) is 3.00. The van der Waals surface area contributed by atoms with Gasteiger partial charge in [0.25, 0.3) is 0 Å². The van der Waals surface area contributed by atoms with Gasteiger partial charge in [-0.1, -0.05) is 57.9 Å². The maximum atomic E-state index is 2.40.